The molecule has 0 fully saturated rings. The summed E-state index contributed by atoms with van der Waals surface area (Å²) in [5, 5.41) is 0. The number of nitrogens with zero attached hydrogens (tertiary/aromatic N) is 1. The summed E-state index contributed by atoms with van der Waals surface area (Å²) in [6.07, 6.45) is 17.2. The first-order valence-electron chi connectivity index (χ1n) is 12.2. The molecular weight excluding hydrogens is 370 g/mol. The largest absolute Gasteiger partial charge is 0.494 e. The van der Waals surface area contributed by atoms with E-state index in [1.165, 1.54) is 64.2 Å². The minimum Gasteiger partial charge on any atom is -0.494 e. The number of ether oxygens (including phenoxy) is 2. The second-order valence-electron chi connectivity index (χ2n) is 8.14. The Kier molecular flexibility index (Phi) is 12.7. The minimum atomic E-state index is 0.714. The van der Waals surface area contributed by atoms with Crippen molar-refractivity contribution in [1.82, 2.24) is 4.98 Å². The van der Waals surface area contributed by atoms with Gasteiger partial charge in [0.1, 0.15) is 5.75 Å². The highest BCUT2D eigenvalue weighted by atomic mass is 16.5. The molecule has 1 heterocycles. The van der Waals surface area contributed by atoms with Crippen LogP contribution in [0.15, 0.2) is 42.6 Å². The molecule has 0 radical (unpaired) electrons. The van der Waals surface area contributed by atoms with Gasteiger partial charge in [0.15, 0.2) is 0 Å². The second-order valence-corrected chi connectivity index (χ2v) is 8.14. The molecule has 0 aliphatic carbocycles. The number of unbranched alkanes of at least 4 members (excludes halogenated alkanes) is 10. The summed E-state index contributed by atoms with van der Waals surface area (Å²) in [7, 11) is 0. The molecule has 1 aromatic carbocycles. The van der Waals surface area contributed by atoms with Crippen molar-refractivity contribution in [3.8, 4) is 22.8 Å². The van der Waals surface area contributed by atoms with E-state index in [2.05, 4.69) is 49.2 Å². The van der Waals surface area contributed by atoms with Gasteiger partial charge in [-0.2, -0.15) is 0 Å². The van der Waals surface area contributed by atoms with Crippen LogP contribution in [0.5, 0.6) is 11.6 Å². The third kappa shape index (κ3) is 10.1. The molecule has 2 aromatic rings. The number of pyridine rings is 1. The second kappa shape index (κ2) is 15.8. The molecule has 0 atom stereocenters. The van der Waals surface area contributed by atoms with E-state index < -0.39 is 0 Å². The molecule has 0 N–H and O–H groups in total. The normalized spacial score (nSPS) is 10.9. The molecule has 1 aromatic heterocycles. The summed E-state index contributed by atoms with van der Waals surface area (Å²) in [6.45, 7) is 6.06. The molecule has 0 aliphatic heterocycles. The molecule has 166 valence electrons. The molecule has 0 amide bonds. The van der Waals surface area contributed by atoms with Crippen molar-refractivity contribution in [1.29, 1.82) is 0 Å². The lowest BCUT2D eigenvalue weighted by Gasteiger charge is -2.08. The number of benzene rings is 1. The summed E-state index contributed by atoms with van der Waals surface area (Å²) in [6, 6.07) is 12.4. The zero-order valence-electron chi connectivity index (χ0n) is 19.2. The Morgan fingerprint density at radius 2 is 1.10 bits per heavy atom. The van der Waals surface area contributed by atoms with E-state index in [0.29, 0.717) is 5.88 Å². The Bertz CT molecular complexity index is 592. The third-order valence-electron chi connectivity index (χ3n) is 5.44. The average Bonchev–Trinajstić information content (AvgIpc) is 2.79. The van der Waals surface area contributed by atoms with Crippen LogP contribution in [0.25, 0.3) is 11.1 Å². The monoisotopic (exact) mass is 411 g/mol. The van der Waals surface area contributed by atoms with Crippen LogP contribution in [0.4, 0.5) is 0 Å². The van der Waals surface area contributed by atoms with Crippen molar-refractivity contribution < 1.29 is 9.47 Å². The van der Waals surface area contributed by atoms with E-state index >= 15 is 0 Å². The van der Waals surface area contributed by atoms with Gasteiger partial charge in [0.25, 0.3) is 0 Å². The number of rotatable bonds is 17. The summed E-state index contributed by atoms with van der Waals surface area (Å²) < 4.78 is 11.6. The van der Waals surface area contributed by atoms with Crippen LogP contribution in [0, 0.1) is 0 Å². The Labute approximate surface area is 184 Å². The highest BCUT2D eigenvalue weighted by Gasteiger charge is 2.02. The Balaban J connectivity index is 1.65. The molecule has 0 saturated carbocycles. The van der Waals surface area contributed by atoms with Gasteiger partial charge in [-0.3, -0.25) is 0 Å². The van der Waals surface area contributed by atoms with Crippen LogP contribution in [-0.4, -0.2) is 18.2 Å². The van der Waals surface area contributed by atoms with E-state index in [0.717, 1.165) is 42.9 Å². The first-order chi connectivity index (χ1) is 14.8. The van der Waals surface area contributed by atoms with Crippen LogP contribution in [0.2, 0.25) is 0 Å². The number of hydrogen-bond acceptors (Lipinski definition) is 3. The Morgan fingerprint density at radius 3 is 1.67 bits per heavy atom. The number of hydrogen-bond donors (Lipinski definition) is 0. The van der Waals surface area contributed by atoms with Crippen molar-refractivity contribution in [2.24, 2.45) is 0 Å². The van der Waals surface area contributed by atoms with Crippen molar-refractivity contribution in [2.45, 2.75) is 90.9 Å². The quantitative estimate of drug-likeness (QED) is 0.246. The van der Waals surface area contributed by atoms with Gasteiger partial charge < -0.3 is 9.47 Å². The zero-order valence-corrected chi connectivity index (χ0v) is 19.2. The maximum Gasteiger partial charge on any atom is 0.213 e. The molecule has 30 heavy (non-hydrogen) atoms. The molecule has 0 saturated heterocycles. The van der Waals surface area contributed by atoms with Crippen molar-refractivity contribution in [3.05, 3.63) is 42.6 Å². The molecule has 2 rings (SSSR count). The van der Waals surface area contributed by atoms with Crippen molar-refractivity contribution >= 4 is 0 Å². The molecule has 0 bridgehead atoms. The topological polar surface area (TPSA) is 31.4 Å². The summed E-state index contributed by atoms with van der Waals surface area (Å²) in [5.41, 5.74) is 2.25. The molecule has 3 heteroatoms. The van der Waals surface area contributed by atoms with Gasteiger partial charge in [-0.25, -0.2) is 4.98 Å². The van der Waals surface area contributed by atoms with E-state index in [4.69, 9.17) is 9.47 Å². The molecule has 0 unspecified atom stereocenters. The van der Waals surface area contributed by atoms with Crippen molar-refractivity contribution in [3.63, 3.8) is 0 Å². The lowest BCUT2D eigenvalue weighted by Crippen LogP contribution is -1.99. The highest BCUT2D eigenvalue weighted by molar-refractivity contribution is 5.63. The molecule has 0 spiro atoms. The van der Waals surface area contributed by atoms with E-state index in [1.54, 1.807) is 0 Å². The van der Waals surface area contributed by atoms with Crippen molar-refractivity contribution in [2.75, 3.05) is 13.2 Å². The first kappa shape index (κ1) is 24.2. The Hall–Kier alpha value is -2.03. The first-order valence-corrected chi connectivity index (χ1v) is 12.2. The van der Waals surface area contributed by atoms with Gasteiger partial charge in [0.05, 0.1) is 13.2 Å². The predicted octanol–water partition coefficient (Wildman–Crippen LogP) is 8.23. The van der Waals surface area contributed by atoms with Gasteiger partial charge in [-0.05, 0) is 36.6 Å². The number of aromatic nitrogens is 1. The van der Waals surface area contributed by atoms with Gasteiger partial charge in [-0.15, -0.1) is 0 Å². The van der Waals surface area contributed by atoms with Gasteiger partial charge in [-0.1, -0.05) is 90.2 Å². The van der Waals surface area contributed by atoms with Crippen LogP contribution < -0.4 is 9.47 Å². The fourth-order valence-electron chi connectivity index (χ4n) is 3.51. The van der Waals surface area contributed by atoms with Crippen LogP contribution in [-0.2, 0) is 0 Å². The maximum absolute atomic E-state index is 5.87. The summed E-state index contributed by atoms with van der Waals surface area (Å²) >= 11 is 0. The highest BCUT2D eigenvalue weighted by Crippen LogP contribution is 2.23. The maximum atomic E-state index is 5.87. The zero-order chi connectivity index (χ0) is 21.3. The molecule has 3 nitrogen and oxygen atoms in total. The van der Waals surface area contributed by atoms with Gasteiger partial charge in [0.2, 0.25) is 5.88 Å². The standard InChI is InChI=1S/C27H41NO2/c1-3-5-7-9-11-13-21-29-26-18-15-24(16-19-26)25-17-20-27(28-23-25)30-22-14-12-10-8-6-4-2/h15-20,23H,3-14,21-22H2,1-2H3. The van der Waals surface area contributed by atoms with E-state index in [-0.39, 0.29) is 0 Å². The average molecular weight is 412 g/mol. The van der Waals surface area contributed by atoms with Crippen LogP contribution in [0.3, 0.4) is 0 Å². The van der Waals surface area contributed by atoms with Crippen LogP contribution >= 0.6 is 0 Å². The fraction of sp³-hybridized carbons (Fsp3) is 0.593. The smallest absolute Gasteiger partial charge is 0.213 e. The summed E-state index contributed by atoms with van der Waals surface area (Å²) in [5.74, 6) is 1.66. The fourth-order valence-corrected chi connectivity index (χ4v) is 3.51. The Morgan fingerprint density at radius 1 is 0.567 bits per heavy atom. The van der Waals surface area contributed by atoms with Gasteiger partial charge in [0, 0.05) is 17.8 Å². The molecular formula is C27H41NO2. The SMILES string of the molecule is CCCCCCCCOc1ccc(-c2ccc(OCCCCCCCC)nc2)cc1. The lowest BCUT2D eigenvalue weighted by molar-refractivity contribution is 0.293. The van der Waals surface area contributed by atoms with Crippen LogP contribution in [0.1, 0.15) is 90.9 Å². The van der Waals surface area contributed by atoms with E-state index in [1.807, 2.05) is 12.3 Å². The summed E-state index contributed by atoms with van der Waals surface area (Å²) in [4.78, 5) is 4.46. The predicted molar refractivity (Wildman–Crippen MR) is 127 cm³/mol. The molecule has 0 aliphatic rings. The third-order valence-corrected chi connectivity index (χ3v) is 5.44. The lowest BCUT2D eigenvalue weighted by atomic mass is 10.1. The van der Waals surface area contributed by atoms with Gasteiger partial charge >= 0.3 is 0 Å². The van der Waals surface area contributed by atoms with E-state index in [9.17, 15) is 0 Å². The minimum absolute atomic E-state index is 0.714.